The number of pyridine rings is 1. The second kappa shape index (κ2) is 11.1. The molecule has 1 amide bonds. The fourth-order valence-electron chi connectivity index (χ4n) is 2.21. The van der Waals surface area contributed by atoms with Gasteiger partial charge in [-0.05, 0) is 37.6 Å². The van der Waals surface area contributed by atoms with Crippen molar-refractivity contribution in [2.75, 3.05) is 18.8 Å². The predicted molar refractivity (Wildman–Crippen MR) is 93.5 cm³/mol. The molecule has 2 heterocycles. The van der Waals surface area contributed by atoms with Gasteiger partial charge in [0.2, 0.25) is 5.91 Å². The van der Waals surface area contributed by atoms with Gasteiger partial charge in [-0.3, -0.25) is 9.78 Å². The molecule has 0 radical (unpaired) electrons. The summed E-state index contributed by atoms with van der Waals surface area (Å²) in [7, 11) is 0. The summed E-state index contributed by atoms with van der Waals surface area (Å²) < 4.78 is 0. The van der Waals surface area contributed by atoms with Gasteiger partial charge < -0.3 is 10.6 Å². The lowest BCUT2D eigenvalue weighted by atomic mass is 9.95. The number of carbonyl (C=O) groups excluding carboxylic acids is 1. The van der Waals surface area contributed by atoms with Crippen LogP contribution in [0.5, 0.6) is 0 Å². The van der Waals surface area contributed by atoms with Crippen LogP contribution in [0, 0.1) is 5.92 Å². The Morgan fingerprint density at radius 2 is 2.29 bits per heavy atom. The molecule has 4 nitrogen and oxygen atoms in total. The maximum absolute atomic E-state index is 11.9. The van der Waals surface area contributed by atoms with Crippen LogP contribution in [0.2, 0.25) is 0 Å². The van der Waals surface area contributed by atoms with E-state index >= 15 is 0 Å². The molecular weight excluding hydrogens is 329 g/mol. The summed E-state index contributed by atoms with van der Waals surface area (Å²) in [5, 5.41) is 6.47. The van der Waals surface area contributed by atoms with E-state index in [-0.39, 0.29) is 30.7 Å². The van der Waals surface area contributed by atoms with Crippen molar-refractivity contribution in [1.29, 1.82) is 0 Å². The molecule has 0 bridgehead atoms. The Hall–Kier alpha value is -0.490. The van der Waals surface area contributed by atoms with Crippen molar-refractivity contribution in [2.24, 2.45) is 5.92 Å². The number of hydrogen-bond donors (Lipinski definition) is 2. The van der Waals surface area contributed by atoms with Crippen LogP contribution < -0.4 is 10.6 Å². The van der Waals surface area contributed by atoms with E-state index in [0.717, 1.165) is 31.0 Å². The molecule has 0 aliphatic carbocycles. The van der Waals surface area contributed by atoms with Crippen LogP contribution in [0.3, 0.4) is 0 Å². The standard InChI is InChI=1S/C14H21N3OS.2ClH/c1-11-8-15-7-5-13(11)17-14(18)10-19-9-12-4-2-3-6-16-12;;/h2-4,6,11,13,15H,5,7-10H2,1H3,(H,17,18);2*1H. The minimum absolute atomic E-state index is 0. The largest absolute Gasteiger partial charge is 0.352 e. The van der Waals surface area contributed by atoms with Crippen molar-refractivity contribution in [1.82, 2.24) is 15.6 Å². The summed E-state index contributed by atoms with van der Waals surface area (Å²) in [6.45, 7) is 4.17. The van der Waals surface area contributed by atoms with Gasteiger partial charge in [0.05, 0.1) is 11.4 Å². The zero-order chi connectivity index (χ0) is 13.5. The van der Waals surface area contributed by atoms with Crippen LogP contribution in [0.25, 0.3) is 0 Å². The average molecular weight is 352 g/mol. The highest BCUT2D eigenvalue weighted by Gasteiger charge is 2.22. The number of nitrogens with one attached hydrogen (secondary N) is 2. The molecule has 1 fully saturated rings. The highest BCUT2D eigenvalue weighted by molar-refractivity contribution is 7.99. The van der Waals surface area contributed by atoms with E-state index < -0.39 is 0 Å². The first kappa shape index (κ1) is 20.5. The monoisotopic (exact) mass is 351 g/mol. The Morgan fingerprint density at radius 3 is 2.95 bits per heavy atom. The molecule has 7 heteroatoms. The Kier molecular flexibility index (Phi) is 10.9. The number of piperidine rings is 1. The topological polar surface area (TPSA) is 54.0 Å². The van der Waals surface area contributed by atoms with Crippen molar-refractivity contribution in [3.8, 4) is 0 Å². The molecule has 0 aromatic carbocycles. The van der Waals surface area contributed by atoms with Crippen molar-refractivity contribution >= 4 is 42.5 Å². The Balaban J connectivity index is 0.00000200. The highest BCUT2D eigenvalue weighted by atomic mass is 35.5. The molecule has 2 unspecified atom stereocenters. The Bertz CT molecular complexity index is 408. The molecule has 21 heavy (non-hydrogen) atoms. The number of nitrogens with zero attached hydrogens (tertiary/aromatic N) is 1. The first-order valence-electron chi connectivity index (χ1n) is 6.73. The van der Waals surface area contributed by atoms with E-state index in [4.69, 9.17) is 0 Å². The summed E-state index contributed by atoms with van der Waals surface area (Å²) in [5.74, 6) is 1.95. The third kappa shape index (κ3) is 7.36. The van der Waals surface area contributed by atoms with Gasteiger partial charge in [-0.2, -0.15) is 0 Å². The molecule has 1 aliphatic heterocycles. The van der Waals surface area contributed by atoms with Crippen LogP contribution in [0.15, 0.2) is 24.4 Å². The normalized spacial score (nSPS) is 20.8. The van der Waals surface area contributed by atoms with Gasteiger partial charge in [0.15, 0.2) is 0 Å². The SMILES string of the molecule is CC1CNCCC1NC(=O)CSCc1ccccn1.Cl.Cl. The van der Waals surface area contributed by atoms with Crippen molar-refractivity contribution in [3.05, 3.63) is 30.1 Å². The smallest absolute Gasteiger partial charge is 0.230 e. The number of thioether (sulfide) groups is 1. The molecule has 2 N–H and O–H groups in total. The molecule has 0 saturated carbocycles. The van der Waals surface area contributed by atoms with Gasteiger partial charge in [0, 0.05) is 18.0 Å². The van der Waals surface area contributed by atoms with Gasteiger partial charge in [0.1, 0.15) is 0 Å². The van der Waals surface area contributed by atoms with E-state index in [1.165, 1.54) is 0 Å². The van der Waals surface area contributed by atoms with Gasteiger partial charge in [0.25, 0.3) is 0 Å². The first-order valence-corrected chi connectivity index (χ1v) is 7.89. The van der Waals surface area contributed by atoms with Crippen LogP contribution >= 0.6 is 36.6 Å². The lowest BCUT2D eigenvalue weighted by molar-refractivity contribution is -0.119. The van der Waals surface area contributed by atoms with Crippen LogP contribution in [-0.4, -0.2) is 35.8 Å². The highest BCUT2D eigenvalue weighted by Crippen LogP contribution is 2.12. The average Bonchev–Trinajstić information content (AvgIpc) is 2.43. The fraction of sp³-hybridized carbons (Fsp3) is 0.571. The van der Waals surface area contributed by atoms with Crippen molar-refractivity contribution in [3.63, 3.8) is 0 Å². The van der Waals surface area contributed by atoms with Gasteiger partial charge in [-0.1, -0.05) is 13.0 Å². The van der Waals surface area contributed by atoms with Crippen molar-refractivity contribution in [2.45, 2.75) is 25.1 Å². The second-order valence-electron chi connectivity index (χ2n) is 4.96. The van der Waals surface area contributed by atoms with Gasteiger partial charge in [-0.15, -0.1) is 36.6 Å². The lowest BCUT2D eigenvalue weighted by Crippen LogP contribution is -2.48. The number of hydrogen-bond acceptors (Lipinski definition) is 4. The molecule has 120 valence electrons. The number of amides is 1. The van der Waals surface area contributed by atoms with Crippen LogP contribution in [0.1, 0.15) is 19.0 Å². The minimum Gasteiger partial charge on any atom is -0.352 e. The predicted octanol–water partition coefficient (Wildman–Crippen LogP) is 2.27. The number of aromatic nitrogens is 1. The van der Waals surface area contributed by atoms with E-state index in [2.05, 4.69) is 22.5 Å². The summed E-state index contributed by atoms with van der Waals surface area (Å²) in [5.41, 5.74) is 1.02. The van der Waals surface area contributed by atoms with E-state index in [1.807, 2.05) is 18.2 Å². The molecule has 1 aromatic rings. The molecule has 0 spiro atoms. The third-order valence-corrected chi connectivity index (χ3v) is 4.31. The summed E-state index contributed by atoms with van der Waals surface area (Å²) >= 11 is 1.61. The minimum atomic E-state index is 0. The number of carbonyl (C=O) groups is 1. The third-order valence-electron chi connectivity index (χ3n) is 3.34. The number of halogens is 2. The van der Waals surface area contributed by atoms with Gasteiger partial charge >= 0.3 is 0 Å². The van der Waals surface area contributed by atoms with Crippen molar-refractivity contribution < 1.29 is 4.79 Å². The first-order chi connectivity index (χ1) is 9.25. The molecule has 1 aliphatic rings. The number of rotatable bonds is 5. The van der Waals surface area contributed by atoms with Crippen LogP contribution in [0.4, 0.5) is 0 Å². The van der Waals surface area contributed by atoms with E-state index in [0.29, 0.717) is 17.7 Å². The maximum Gasteiger partial charge on any atom is 0.230 e. The summed E-state index contributed by atoms with van der Waals surface area (Å²) in [4.78, 5) is 16.1. The fourth-order valence-corrected chi connectivity index (χ4v) is 2.96. The van der Waals surface area contributed by atoms with Crippen LogP contribution in [-0.2, 0) is 10.5 Å². The molecule has 2 rings (SSSR count). The van der Waals surface area contributed by atoms with Gasteiger partial charge in [-0.25, -0.2) is 0 Å². The molecule has 1 aromatic heterocycles. The molecule has 1 saturated heterocycles. The lowest BCUT2D eigenvalue weighted by Gasteiger charge is -2.30. The summed E-state index contributed by atoms with van der Waals surface area (Å²) in [6, 6.07) is 6.18. The summed E-state index contributed by atoms with van der Waals surface area (Å²) in [6.07, 6.45) is 2.81. The van der Waals surface area contributed by atoms with E-state index in [1.54, 1.807) is 18.0 Å². The maximum atomic E-state index is 11.9. The molecular formula is C14H23Cl2N3OS. The molecule has 2 atom stereocenters. The van der Waals surface area contributed by atoms with E-state index in [9.17, 15) is 4.79 Å². The zero-order valence-electron chi connectivity index (χ0n) is 12.1. The second-order valence-corrected chi connectivity index (χ2v) is 5.94. The Labute approximate surface area is 143 Å². The quantitative estimate of drug-likeness (QED) is 0.854. The Morgan fingerprint density at radius 1 is 1.48 bits per heavy atom. The zero-order valence-corrected chi connectivity index (χ0v) is 14.5.